The van der Waals surface area contributed by atoms with Crippen LogP contribution < -0.4 is 5.32 Å². The number of fused-ring (bicyclic) bond motifs is 1. The molecule has 3 aliphatic heterocycles. The van der Waals surface area contributed by atoms with Gasteiger partial charge in [-0.25, -0.2) is 0 Å². The van der Waals surface area contributed by atoms with Crippen molar-refractivity contribution in [2.24, 2.45) is 0 Å². The zero-order valence-electron chi connectivity index (χ0n) is 13.4. The Labute approximate surface area is 147 Å². The summed E-state index contributed by atoms with van der Waals surface area (Å²) < 4.78 is 5.46. The van der Waals surface area contributed by atoms with E-state index in [0.29, 0.717) is 5.76 Å². The summed E-state index contributed by atoms with van der Waals surface area (Å²) >= 11 is 6.04. The van der Waals surface area contributed by atoms with E-state index in [4.69, 9.17) is 16.3 Å². The molecule has 1 aromatic carbocycles. The fraction of sp³-hybridized carbons (Fsp3) is 0.444. The van der Waals surface area contributed by atoms with Gasteiger partial charge in [0.05, 0.1) is 31.5 Å². The number of nitrogens with zero attached hydrogens (tertiary/aromatic N) is 2. The number of ether oxygens (including phenoxy) is 1. The molecule has 2 N–H and O–H groups in total. The highest BCUT2D eigenvalue weighted by Crippen LogP contribution is 2.33. The average Bonchev–Trinajstić information content (AvgIpc) is 2.94. The summed E-state index contributed by atoms with van der Waals surface area (Å²) in [5.74, 6) is 0.303. The van der Waals surface area contributed by atoms with Crippen LogP contribution in [0.5, 0.6) is 0 Å². The zero-order valence-corrected chi connectivity index (χ0v) is 14.2. The minimum Gasteiger partial charge on any atom is -0.506 e. The van der Waals surface area contributed by atoms with Crippen molar-refractivity contribution in [1.82, 2.24) is 15.1 Å². The van der Waals surface area contributed by atoms with Gasteiger partial charge in [0.25, 0.3) is 0 Å². The number of hydrogen-bond donors (Lipinski definition) is 2. The standard InChI is InChI=1S/C18H22ClN3O2/c19-14-3-1-13(2-4-14)18-16(12-21-7-9-24-10-8-21)22-11-15(23)5-6-17(22)20-18/h1-6,11,16-18,20,23H,7-10,12H2. The summed E-state index contributed by atoms with van der Waals surface area (Å²) in [5.41, 5.74) is 1.22. The summed E-state index contributed by atoms with van der Waals surface area (Å²) in [6, 6.07) is 8.45. The average molecular weight is 348 g/mol. The van der Waals surface area contributed by atoms with Crippen LogP contribution in [0, 0.1) is 0 Å². The number of aliphatic hydroxyl groups excluding tert-OH is 1. The number of halogens is 1. The molecule has 2 fully saturated rings. The molecule has 1 aromatic rings. The molecule has 0 bridgehead atoms. The Morgan fingerprint density at radius 2 is 1.96 bits per heavy atom. The van der Waals surface area contributed by atoms with Crippen molar-refractivity contribution >= 4 is 11.6 Å². The number of aliphatic hydroxyl groups is 1. The molecular formula is C18H22ClN3O2. The van der Waals surface area contributed by atoms with Crippen molar-refractivity contribution in [3.05, 3.63) is 59.0 Å². The lowest BCUT2D eigenvalue weighted by Crippen LogP contribution is -2.46. The monoisotopic (exact) mass is 347 g/mol. The van der Waals surface area contributed by atoms with Gasteiger partial charge in [-0.2, -0.15) is 0 Å². The van der Waals surface area contributed by atoms with E-state index in [-0.39, 0.29) is 18.2 Å². The maximum absolute atomic E-state index is 9.93. The van der Waals surface area contributed by atoms with Crippen LogP contribution in [0.25, 0.3) is 0 Å². The molecule has 0 amide bonds. The van der Waals surface area contributed by atoms with Gasteiger partial charge in [0.1, 0.15) is 5.76 Å². The summed E-state index contributed by atoms with van der Waals surface area (Å²) in [6.07, 6.45) is 5.72. The highest BCUT2D eigenvalue weighted by molar-refractivity contribution is 6.30. The van der Waals surface area contributed by atoms with Gasteiger partial charge in [0.15, 0.2) is 0 Å². The van der Waals surface area contributed by atoms with Crippen molar-refractivity contribution < 1.29 is 9.84 Å². The first-order valence-electron chi connectivity index (χ1n) is 8.39. The number of nitrogens with one attached hydrogen (secondary N) is 1. The molecule has 3 aliphatic rings. The van der Waals surface area contributed by atoms with E-state index in [1.54, 1.807) is 6.08 Å². The SMILES string of the molecule is OC1=CN2C(C=C1)NC(c1ccc(Cl)cc1)C2CN1CCOCC1. The molecule has 5 nitrogen and oxygen atoms in total. The first-order chi connectivity index (χ1) is 11.7. The lowest BCUT2D eigenvalue weighted by molar-refractivity contribution is 0.0275. The Morgan fingerprint density at radius 1 is 1.21 bits per heavy atom. The normalized spacial score (nSPS) is 30.3. The van der Waals surface area contributed by atoms with E-state index in [0.717, 1.165) is 37.9 Å². The molecule has 3 unspecified atom stereocenters. The topological polar surface area (TPSA) is 48.0 Å². The van der Waals surface area contributed by atoms with Crippen molar-refractivity contribution in [3.63, 3.8) is 0 Å². The summed E-state index contributed by atoms with van der Waals surface area (Å²) in [4.78, 5) is 4.66. The lowest BCUT2D eigenvalue weighted by Gasteiger charge is -2.35. The molecule has 6 heteroatoms. The molecule has 0 saturated carbocycles. The second-order valence-electron chi connectivity index (χ2n) is 6.48. The number of morpholine rings is 1. The van der Waals surface area contributed by atoms with Crippen LogP contribution in [0.4, 0.5) is 0 Å². The number of allylic oxidation sites excluding steroid dienone is 1. The van der Waals surface area contributed by atoms with Crippen molar-refractivity contribution in [1.29, 1.82) is 0 Å². The van der Waals surface area contributed by atoms with Crippen molar-refractivity contribution in [2.45, 2.75) is 18.2 Å². The molecule has 128 valence electrons. The maximum Gasteiger partial charge on any atom is 0.131 e. The van der Waals surface area contributed by atoms with Crippen LogP contribution in [0.15, 0.2) is 48.4 Å². The lowest BCUT2D eigenvalue weighted by atomic mass is 9.99. The Bertz CT molecular complexity index is 640. The van der Waals surface area contributed by atoms with Crippen LogP contribution in [0.2, 0.25) is 5.02 Å². The minimum atomic E-state index is 0.104. The zero-order chi connectivity index (χ0) is 16.5. The molecule has 3 heterocycles. The van der Waals surface area contributed by atoms with E-state index in [1.807, 2.05) is 24.4 Å². The van der Waals surface area contributed by atoms with E-state index >= 15 is 0 Å². The predicted molar refractivity (Wildman–Crippen MR) is 93.9 cm³/mol. The second kappa shape index (κ2) is 6.76. The van der Waals surface area contributed by atoms with Crippen LogP contribution in [-0.2, 0) is 4.74 Å². The Hall–Kier alpha value is -1.53. The third-order valence-electron chi connectivity index (χ3n) is 4.95. The fourth-order valence-corrected chi connectivity index (χ4v) is 3.84. The van der Waals surface area contributed by atoms with Gasteiger partial charge in [-0.1, -0.05) is 23.7 Å². The molecule has 0 spiro atoms. The van der Waals surface area contributed by atoms with E-state index in [1.165, 1.54) is 5.56 Å². The minimum absolute atomic E-state index is 0.104. The summed E-state index contributed by atoms with van der Waals surface area (Å²) in [7, 11) is 0. The molecule has 0 aromatic heterocycles. The quantitative estimate of drug-likeness (QED) is 0.878. The van der Waals surface area contributed by atoms with Gasteiger partial charge < -0.3 is 14.7 Å². The van der Waals surface area contributed by atoms with Gasteiger partial charge in [0, 0.05) is 30.9 Å². The Balaban J connectivity index is 1.60. The fourth-order valence-electron chi connectivity index (χ4n) is 3.71. The van der Waals surface area contributed by atoms with E-state index in [2.05, 4.69) is 27.2 Å². The first-order valence-corrected chi connectivity index (χ1v) is 8.76. The number of benzene rings is 1. The third-order valence-corrected chi connectivity index (χ3v) is 5.20. The summed E-state index contributed by atoms with van der Waals surface area (Å²) in [5, 5.41) is 14.3. The molecule has 0 aliphatic carbocycles. The highest BCUT2D eigenvalue weighted by atomic mass is 35.5. The maximum atomic E-state index is 9.93. The molecule has 2 saturated heterocycles. The molecular weight excluding hydrogens is 326 g/mol. The molecule has 24 heavy (non-hydrogen) atoms. The molecule has 4 rings (SSSR count). The molecule has 0 radical (unpaired) electrons. The molecule has 3 atom stereocenters. The predicted octanol–water partition coefficient (Wildman–Crippen LogP) is 2.28. The Morgan fingerprint density at radius 3 is 2.71 bits per heavy atom. The van der Waals surface area contributed by atoms with Crippen LogP contribution in [0.1, 0.15) is 11.6 Å². The van der Waals surface area contributed by atoms with Gasteiger partial charge in [-0.3, -0.25) is 10.2 Å². The Kier molecular flexibility index (Phi) is 4.50. The van der Waals surface area contributed by atoms with E-state index in [9.17, 15) is 5.11 Å². The van der Waals surface area contributed by atoms with E-state index < -0.39 is 0 Å². The van der Waals surface area contributed by atoms with Gasteiger partial charge in [-0.15, -0.1) is 0 Å². The smallest absolute Gasteiger partial charge is 0.131 e. The summed E-state index contributed by atoms with van der Waals surface area (Å²) in [6.45, 7) is 4.41. The van der Waals surface area contributed by atoms with Crippen LogP contribution in [-0.4, -0.2) is 60.0 Å². The number of rotatable bonds is 3. The van der Waals surface area contributed by atoms with Crippen molar-refractivity contribution in [3.8, 4) is 0 Å². The van der Waals surface area contributed by atoms with Crippen LogP contribution in [0.3, 0.4) is 0 Å². The van der Waals surface area contributed by atoms with Gasteiger partial charge in [0.2, 0.25) is 0 Å². The highest BCUT2D eigenvalue weighted by Gasteiger charge is 2.41. The van der Waals surface area contributed by atoms with Gasteiger partial charge in [-0.05, 0) is 29.8 Å². The van der Waals surface area contributed by atoms with Gasteiger partial charge >= 0.3 is 0 Å². The van der Waals surface area contributed by atoms with Crippen molar-refractivity contribution in [2.75, 3.05) is 32.8 Å². The third kappa shape index (κ3) is 3.17. The first kappa shape index (κ1) is 16.0. The van der Waals surface area contributed by atoms with Crippen LogP contribution >= 0.6 is 11.6 Å². The second-order valence-corrected chi connectivity index (χ2v) is 6.92. The largest absolute Gasteiger partial charge is 0.506 e. The number of hydrogen-bond acceptors (Lipinski definition) is 5.